The Kier molecular flexibility index (Phi) is 11.0. The van der Waals surface area contributed by atoms with Crippen molar-refractivity contribution in [3.8, 4) is 12.8 Å². The van der Waals surface area contributed by atoms with Crippen molar-refractivity contribution < 1.29 is 9.18 Å². The number of carbonyl (C=O) groups excluding carboxylic acids is 1. The van der Waals surface area contributed by atoms with E-state index >= 15 is 0 Å². The number of hydrogen-bond acceptors (Lipinski definition) is 5. The van der Waals surface area contributed by atoms with Crippen LogP contribution in [0, 0.1) is 32.5 Å². The number of nitrogens with zero attached hydrogens (tertiary/aromatic N) is 4. The average molecular weight is 505 g/mol. The Balaban J connectivity index is 0.000000371. The zero-order chi connectivity index (χ0) is 27.4. The van der Waals surface area contributed by atoms with Crippen LogP contribution in [0.3, 0.4) is 0 Å². The topological polar surface area (TPSA) is 95.4 Å². The van der Waals surface area contributed by atoms with Gasteiger partial charge in [0.1, 0.15) is 17.2 Å². The Hall–Kier alpha value is -4.45. The number of nitrogens with one attached hydrogen (secondary N) is 2. The summed E-state index contributed by atoms with van der Waals surface area (Å²) in [6.07, 6.45) is 10.6. The molecule has 1 atom stereocenters. The monoisotopic (exact) mass is 504 g/mol. The van der Waals surface area contributed by atoms with Gasteiger partial charge in [-0.15, -0.1) is 17.9 Å². The summed E-state index contributed by atoms with van der Waals surface area (Å²) in [6, 6.07) is 15.1. The highest BCUT2D eigenvalue weighted by atomic mass is 19.1. The fraction of sp³-hybridized carbons (Fsp3) is 0.286. The Morgan fingerprint density at radius 2 is 1.78 bits per heavy atom. The zero-order valence-corrected chi connectivity index (χ0v) is 21.6. The van der Waals surface area contributed by atoms with Gasteiger partial charge in [-0.2, -0.15) is 0 Å². The largest absolute Gasteiger partial charge is 0.353 e. The third-order valence-electron chi connectivity index (χ3n) is 5.40. The number of imidazole rings is 1. The van der Waals surface area contributed by atoms with Crippen molar-refractivity contribution >= 4 is 17.4 Å². The van der Waals surface area contributed by atoms with Crippen LogP contribution in [0.2, 0.25) is 0 Å². The van der Waals surface area contributed by atoms with Crippen LogP contribution in [-0.4, -0.2) is 44.6 Å². The van der Waals surface area contributed by atoms with Gasteiger partial charge in [0.25, 0.3) is 11.5 Å². The second kappa shape index (κ2) is 14.2. The van der Waals surface area contributed by atoms with Gasteiger partial charge in [-0.25, -0.2) is 13.9 Å². The summed E-state index contributed by atoms with van der Waals surface area (Å²) in [5, 5.41) is 7.58. The van der Waals surface area contributed by atoms with Crippen molar-refractivity contribution in [2.24, 2.45) is 0 Å². The molecule has 4 aromatic rings. The summed E-state index contributed by atoms with van der Waals surface area (Å²) in [4.78, 5) is 33.4. The molecule has 0 saturated carbocycles. The summed E-state index contributed by atoms with van der Waals surface area (Å²) in [7, 11) is 0. The maximum atomic E-state index is 12.4. The van der Waals surface area contributed by atoms with E-state index in [1.165, 1.54) is 12.1 Å². The van der Waals surface area contributed by atoms with Crippen molar-refractivity contribution in [2.75, 3.05) is 18.0 Å². The van der Waals surface area contributed by atoms with Crippen LogP contribution < -0.4 is 15.8 Å². The fourth-order valence-corrected chi connectivity index (χ4v) is 3.66. The minimum absolute atomic E-state index is 0.0235. The number of aromatic nitrogens is 4. The third kappa shape index (κ3) is 7.77. The number of aryl methyl sites for hydroxylation is 2. The van der Waals surface area contributed by atoms with Gasteiger partial charge in [-0.05, 0) is 56.7 Å². The minimum Gasteiger partial charge on any atom is -0.353 e. The second-order valence-corrected chi connectivity index (χ2v) is 7.95. The number of terminal acetylenes is 1. The summed E-state index contributed by atoms with van der Waals surface area (Å²) in [5.74, 6) is 0.331. The van der Waals surface area contributed by atoms with Crippen molar-refractivity contribution in [3.63, 3.8) is 0 Å². The van der Waals surface area contributed by atoms with E-state index in [2.05, 4.69) is 38.1 Å². The van der Waals surface area contributed by atoms with Crippen LogP contribution in [-0.2, 0) is 0 Å². The number of fused-ring (bicyclic) bond motifs is 1. The molecule has 2 N–H and O–H groups in total. The molecule has 37 heavy (non-hydrogen) atoms. The Morgan fingerprint density at radius 1 is 1.08 bits per heavy atom. The van der Waals surface area contributed by atoms with E-state index in [0.717, 1.165) is 35.8 Å². The summed E-state index contributed by atoms with van der Waals surface area (Å²) < 4.78 is 13.7. The lowest BCUT2D eigenvalue weighted by molar-refractivity contribution is 0.0939. The minimum atomic E-state index is -0.361. The van der Waals surface area contributed by atoms with Crippen molar-refractivity contribution in [1.82, 2.24) is 24.9 Å². The number of carbonyl (C=O) groups is 1. The molecule has 9 heteroatoms. The molecule has 1 amide bonds. The molecular weight excluding hydrogens is 471 g/mol. The summed E-state index contributed by atoms with van der Waals surface area (Å²) in [5.41, 5.74) is 2.30. The summed E-state index contributed by atoms with van der Waals surface area (Å²) >= 11 is 0. The van der Waals surface area contributed by atoms with E-state index in [-0.39, 0.29) is 28.9 Å². The molecule has 1 saturated heterocycles. The van der Waals surface area contributed by atoms with Gasteiger partial charge in [0, 0.05) is 24.8 Å². The van der Waals surface area contributed by atoms with Crippen molar-refractivity contribution in [1.29, 1.82) is 0 Å². The number of hydrogen-bond donors (Lipinski definition) is 2. The van der Waals surface area contributed by atoms with Gasteiger partial charge in [-0.1, -0.05) is 32.0 Å². The number of aromatic amines is 1. The molecular formula is C28H33FN6O2. The molecule has 8 nitrogen and oxygen atoms in total. The lowest BCUT2D eigenvalue weighted by Gasteiger charge is -2.18. The maximum Gasteiger partial charge on any atom is 0.260 e. The second-order valence-electron chi connectivity index (χ2n) is 7.95. The zero-order valence-electron chi connectivity index (χ0n) is 21.6. The highest BCUT2D eigenvalue weighted by molar-refractivity contribution is 5.94. The lowest BCUT2D eigenvalue weighted by Crippen LogP contribution is -2.39. The predicted molar refractivity (Wildman–Crippen MR) is 145 cm³/mol. The first-order valence-electron chi connectivity index (χ1n) is 12.0. The molecule has 5 rings (SSSR count). The number of rotatable bonds is 3. The van der Waals surface area contributed by atoms with E-state index in [4.69, 9.17) is 0 Å². The molecule has 1 aliphatic heterocycles. The Bertz CT molecular complexity index is 1360. The molecule has 1 aromatic carbocycles. The van der Waals surface area contributed by atoms with Gasteiger partial charge in [0.05, 0.1) is 11.9 Å². The molecule has 0 unspecified atom stereocenters. The first-order valence-corrected chi connectivity index (χ1v) is 12.0. The van der Waals surface area contributed by atoms with Crippen molar-refractivity contribution in [3.05, 3.63) is 93.9 Å². The number of pyridine rings is 1. The van der Waals surface area contributed by atoms with E-state index in [1.807, 2.05) is 37.4 Å². The van der Waals surface area contributed by atoms with E-state index in [0.29, 0.717) is 6.54 Å². The standard InChI is InChI=1S/C18H20N6O2.C6H5F.C2H6.C2H2/c1-11-3-4-14(17(25)20-11)18(26)21-13-7-8-23(10-13)16-6-5-15-19-9-12(2)24(15)22-16;7-6-4-2-1-3-5-6;2*1-2/h3-6,9,13H,7-8,10H2,1-2H3,(H,20,25)(H,21,26);1-5H;1-2H3;1-2H/t13-;;;/m0.../s1. The predicted octanol–water partition coefficient (Wildman–Crippen LogP) is 4.14. The van der Waals surface area contributed by atoms with Crippen LogP contribution >= 0.6 is 0 Å². The fourth-order valence-electron chi connectivity index (χ4n) is 3.66. The Labute approximate surface area is 216 Å². The van der Waals surface area contributed by atoms with Gasteiger partial charge in [0.15, 0.2) is 5.65 Å². The normalized spacial score (nSPS) is 13.8. The van der Waals surface area contributed by atoms with Crippen LogP contribution in [0.25, 0.3) is 5.65 Å². The van der Waals surface area contributed by atoms with Crippen LogP contribution in [0.5, 0.6) is 0 Å². The SMILES string of the molecule is C#C.CC.Cc1ccc(C(=O)N[C@H]2CCN(c3ccc4ncc(C)n4n3)C2)c(=O)[nH]1.Fc1ccccc1. The number of anilines is 1. The number of H-pyrrole nitrogens is 1. The smallest absolute Gasteiger partial charge is 0.260 e. The average Bonchev–Trinajstić information content (AvgIpc) is 3.53. The van der Waals surface area contributed by atoms with Crippen LogP contribution in [0.1, 0.15) is 42.0 Å². The molecule has 0 aliphatic carbocycles. The number of halogens is 1. The van der Waals surface area contributed by atoms with Gasteiger partial charge in [-0.3, -0.25) is 9.59 Å². The van der Waals surface area contributed by atoms with Gasteiger partial charge in [0.2, 0.25) is 0 Å². The maximum absolute atomic E-state index is 12.4. The lowest BCUT2D eigenvalue weighted by atomic mass is 10.2. The first-order chi connectivity index (χ1) is 17.9. The molecule has 3 aromatic heterocycles. The van der Waals surface area contributed by atoms with Gasteiger partial charge >= 0.3 is 0 Å². The van der Waals surface area contributed by atoms with E-state index in [9.17, 15) is 14.0 Å². The molecule has 0 radical (unpaired) electrons. The number of amides is 1. The number of benzene rings is 1. The third-order valence-corrected chi connectivity index (χ3v) is 5.40. The first kappa shape index (κ1) is 28.8. The highest BCUT2D eigenvalue weighted by Gasteiger charge is 2.26. The van der Waals surface area contributed by atoms with Gasteiger partial charge < -0.3 is 15.2 Å². The molecule has 1 fully saturated rings. The van der Waals surface area contributed by atoms with Crippen LogP contribution in [0.15, 0.2) is 65.6 Å². The molecule has 194 valence electrons. The Morgan fingerprint density at radius 3 is 2.41 bits per heavy atom. The van der Waals surface area contributed by atoms with E-state index in [1.54, 1.807) is 43.5 Å². The quantitative estimate of drug-likeness (QED) is 0.409. The highest BCUT2D eigenvalue weighted by Crippen LogP contribution is 2.19. The van der Waals surface area contributed by atoms with E-state index < -0.39 is 0 Å². The molecule has 0 spiro atoms. The van der Waals surface area contributed by atoms with Crippen molar-refractivity contribution in [2.45, 2.75) is 40.2 Å². The molecule has 4 heterocycles. The molecule has 1 aliphatic rings. The van der Waals surface area contributed by atoms with Crippen LogP contribution in [0.4, 0.5) is 10.2 Å². The molecule has 0 bridgehead atoms. The summed E-state index contributed by atoms with van der Waals surface area (Å²) in [6.45, 7) is 9.19.